The first-order chi connectivity index (χ1) is 8.85. The molecule has 1 rings (SSSR count). The monoisotopic (exact) mass is 285 g/mol. The summed E-state index contributed by atoms with van der Waals surface area (Å²) in [4.78, 5) is 21.2. The van der Waals surface area contributed by atoms with E-state index in [1.165, 1.54) is 12.1 Å². The predicted octanol–water partition coefficient (Wildman–Crippen LogP) is 0.706. The number of carboxylic acids is 1. The van der Waals surface area contributed by atoms with E-state index < -0.39 is 22.0 Å². The van der Waals surface area contributed by atoms with Crippen LogP contribution in [0.4, 0.5) is 0 Å². The van der Waals surface area contributed by atoms with Crippen LogP contribution in [0.15, 0.2) is 29.2 Å². The molecular weight excluding hydrogens is 270 g/mol. The molecule has 0 amide bonds. The number of hydrogen-bond acceptors (Lipinski definition) is 4. The van der Waals surface area contributed by atoms with E-state index in [9.17, 15) is 18.0 Å². The maximum Gasteiger partial charge on any atom is 0.303 e. The van der Waals surface area contributed by atoms with Crippen LogP contribution < -0.4 is 4.72 Å². The number of aryl methyl sites for hydroxylation is 1. The third-order valence-corrected chi connectivity index (χ3v) is 3.98. The molecule has 0 saturated carbocycles. The number of carbonyl (C=O) groups excluding carboxylic acids is 1. The summed E-state index contributed by atoms with van der Waals surface area (Å²) >= 11 is 0. The molecule has 0 fully saturated rings. The highest BCUT2D eigenvalue weighted by Crippen LogP contribution is 2.11. The van der Waals surface area contributed by atoms with Gasteiger partial charge in [-0.3, -0.25) is 4.79 Å². The second-order valence-electron chi connectivity index (χ2n) is 4.11. The maximum atomic E-state index is 11.9. The lowest BCUT2D eigenvalue weighted by Gasteiger charge is -2.12. The van der Waals surface area contributed by atoms with Crippen LogP contribution in [-0.2, 0) is 19.6 Å². The van der Waals surface area contributed by atoms with Crippen LogP contribution in [0.2, 0.25) is 0 Å². The lowest BCUT2D eigenvalue weighted by atomic mass is 10.2. The van der Waals surface area contributed by atoms with Crippen molar-refractivity contribution in [3.8, 4) is 0 Å². The fourth-order valence-corrected chi connectivity index (χ4v) is 2.62. The van der Waals surface area contributed by atoms with Crippen LogP contribution in [0.1, 0.15) is 18.4 Å². The normalized spacial score (nSPS) is 12.9. The van der Waals surface area contributed by atoms with E-state index in [1.54, 1.807) is 12.1 Å². The van der Waals surface area contributed by atoms with Crippen LogP contribution in [0.25, 0.3) is 0 Å². The Morgan fingerprint density at radius 1 is 1.37 bits per heavy atom. The Balaban J connectivity index is 2.80. The van der Waals surface area contributed by atoms with E-state index in [4.69, 9.17) is 5.11 Å². The van der Waals surface area contributed by atoms with Crippen molar-refractivity contribution >= 4 is 22.3 Å². The molecule has 0 saturated heterocycles. The predicted molar refractivity (Wildman–Crippen MR) is 68.2 cm³/mol. The fraction of sp³-hybridized carbons (Fsp3) is 0.333. The third kappa shape index (κ3) is 4.80. The topological polar surface area (TPSA) is 101 Å². The van der Waals surface area contributed by atoms with Crippen molar-refractivity contribution in [1.29, 1.82) is 0 Å². The Morgan fingerprint density at radius 3 is 2.42 bits per heavy atom. The molecule has 104 valence electrons. The van der Waals surface area contributed by atoms with Gasteiger partial charge in [-0.15, -0.1) is 0 Å². The number of aldehydes is 1. The minimum atomic E-state index is -3.81. The summed E-state index contributed by atoms with van der Waals surface area (Å²) in [5, 5.41) is 8.51. The molecule has 19 heavy (non-hydrogen) atoms. The zero-order chi connectivity index (χ0) is 14.5. The Bertz CT molecular complexity index is 550. The standard InChI is InChI=1S/C12H15NO5S/c1-9-2-5-11(6-3-9)19(17,18)13-10(8-14)4-7-12(15)16/h2-3,5-6,8,10,13H,4,7H2,1H3,(H,15,16). The number of carbonyl (C=O) groups is 2. The maximum absolute atomic E-state index is 11.9. The van der Waals surface area contributed by atoms with E-state index in [2.05, 4.69) is 4.72 Å². The molecule has 7 heteroatoms. The van der Waals surface area contributed by atoms with Gasteiger partial charge in [0.05, 0.1) is 10.9 Å². The highest BCUT2D eigenvalue weighted by Gasteiger charge is 2.20. The molecule has 0 aliphatic heterocycles. The molecule has 1 unspecified atom stereocenters. The number of rotatable bonds is 7. The minimum absolute atomic E-state index is 0.0419. The van der Waals surface area contributed by atoms with Crippen LogP contribution in [-0.4, -0.2) is 31.8 Å². The summed E-state index contributed by atoms with van der Waals surface area (Å²) in [5.74, 6) is -1.08. The van der Waals surface area contributed by atoms with Gasteiger partial charge in [-0.05, 0) is 25.5 Å². The Labute approximate surface area is 111 Å². The number of sulfonamides is 1. The average molecular weight is 285 g/mol. The van der Waals surface area contributed by atoms with Crippen molar-refractivity contribution in [3.63, 3.8) is 0 Å². The SMILES string of the molecule is Cc1ccc(S(=O)(=O)NC(C=O)CCC(=O)O)cc1. The van der Waals surface area contributed by atoms with E-state index in [0.29, 0.717) is 6.29 Å². The lowest BCUT2D eigenvalue weighted by molar-refractivity contribution is -0.137. The van der Waals surface area contributed by atoms with Gasteiger partial charge < -0.3 is 9.90 Å². The van der Waals surface area contributed by atoms with Crippen molar-refractivity contribution in [2.45, 2.75) is 30.7 Å². The van der Waals surface area contributed by atoms with Crippen molar-refractivity contribution in [1.82, 2.24) is 4.72 Å². The molecule has 1 atom stereocenters. The molecule has 1 aromatic rings. The minimum Gasteiger partial charge on any atom is -0.481 e. The first kappa shape index (κ1) is 15.3. The van der Waals surface area contributed by atoms with Crippen LogP contribution in [0.3, 0.4) is 0 Å². The highest BCUT2D eigenvalue weighted by molar-refractivity contribution is 7.89. The number of benzene rings is 1. The molecule has 0 bridgehead atoms. The van der Waals surface area contributed by atoms with Gasteiger partial charge in [-0.25, -0.2) is 13.1 Å². The van der Waals surface area contributed by atoms with Crippen LogP contribution in [0.5, 0.6) is 0 Å². The lowest BCUT2D eigenvalue weighted by Crippen LogP contribution is -2.36. The summed E-state index contributed by atoms with van der Waals surface area (Å²) in [5.41, 5.74) is 0.914. The molecular formula is C12H15NO5S. The van der Waals surface area contributed by atoms with Gasteiger partial charge in [0, 0.05) is 6.42 Å². The number of aliphatic carboxylic acids is 1. The molecule has 0 radical (unpaired) electrons. The van der Waals surface area contributed by atoms with Gasteiger partial charge in [0.25, 0.3) is 0 Å². The van der Waals surface area contributed by atoms with Gasteiger partial charge in [0.15, 0.2) is 0 Å². The number of carboxylic acid groups (broad SMARTS) is 1. The highest BCUT2D eigenvalue weighted by atomic mass is 32.2. The van der Waals surface area contributed by atoms with Gasteiger partial charge in [-0.1, -0.05) is 17.7 Å². The van der Waals surface area contributed by atoms with Gasteiger partial charge >= 0.3 is 5.97 Å². The largest absolute Gasteiger partial charge is 0.481 e. The number of hydrogen-bond donors (Lipinski definition) is 2. The van der Waals surface area contributed by atoms with Crippen molar-refractivity contribution in [2.24, 2.45) is 0 Å². The second-order valence-corrected chi connectivity index (χ2v) is 5.82. The summed E-state index contributed by atoms with van der Waals surface area (Å²) < 4.78 is 26.1. The third-order valence-electron chi connectivity index (χ3n) is 2.47. The first-order valence-corrected chi connectivity index (χ1v) is 7.09. The van der Waals surface area contributed by atoms with E-state index in [-0.39, 0.29) is 17.7 Å². The van der Waals surface area contributed by atoms with Gasteiger partial charge in [0.1, 0.15) is 6.29 Å². The van der Waals surface area contributed by atoms with E-state index in [0.717, 1.165) is 5.56 Å². The number of nitrogens with one attached hydrogen (secondary N) is 1. The molecule has 0 spiro atoms. The smallest absolute Gasteiger partial charge is 0.303 e. The van der Waals surface area contributed by atoms with Crippen molar-refractivity contribution < 1.29 is 23.1 Å². The van der Waals surface area contributed by atoms with E-state index in [1.807, 2.05) is 6.92 Å². The van der Waals surface area contributed by atoms with E-state index >= 15 is 0 Å². The molecule has 0 aromatic heterocycles. The Hall–Kier alpha value is -1.73. The van der Waals surface area contributed by atoms with Crippen LogP contribution >= 0.6 is 0 Å². The molecule has 1 aromatic carbocycles. The van der Waals surface area contributed by atoms with Gasteiger partial charge in [0.2, 0.25) is 10.0 Å². The quantitative estimate of drug-likeness (QED) is 0.718. The summed E-state index contributed by atoms with van der Waals surface area (Å²) in [6, 6.07) is 5.10. The van der Waals surface area contributed by atoms with Crippen LogP contribution in [0, 0.1) is 6.92 Å². The second kappa shape index (κ2) is 6.44. The van der Waals surface area contributed by atoms with Crippen molar-refractivity contribution in [2.75, 3.05) is 0 Å². The zero-order valence-electron chi connectivity index (χ0n) is 10.4. The molecule has 0 aliphatic rings. The molecule has 6 nitrogen and oxygen atoms in total. The Morgan fingerprint density at radius 2 is 1.95 bits per heavy atom. The molecule has 0 heterocycles. The summed E-state index contributed by atoms with van der Waals surface area (Å²) in [6.07, 6.45) is 0.0401. The van der Waals surface area contributed by atoms with Crippen molar-refractivity contribution in [3.05, 3.63) is 29.8 Å². The Kier molecular flexibility index (Phi) is 5.20. The zero-order valence-corrected chi connectivity index (χ0v) is 11.2. The molecule has 0 aliphatic carbocycles. The van der Waals surface area contributed by atoms with Gasteiger partial charge in [-0.2, -0.15) is 0 Å². The summed E-state index contributed by atoms with van der Waals surface area (Å²) in [7, 11) is -3.81. The molecule has 2 N–H and O–H groups in total. The fourth-order valence-electron chi connectivity index (χ4n) is 1.42. The first-order valence-electron chi connectivity index (χ1n) is 5.61. The average Bonchev–Trinajstić information content (AvgIpc) is 2.34. The summed E-state index contributed by atoms with van der Waals surface area (Å²) in [6.45, 7) is 1.82.